The van der Waals surface area contributed by atoms with Gasteiger partial charge in [0.25, 0.3) is 5.56 Å². The van der Waals surface area contributed by atoms with Gasteiger partial charge in [0.05, 0.1) is 23.8 Å². The molecular weight excluding hydrogens is 364 g/mol. The Morgan fingerprint density at radius 3 is 2.90 bits per heavy atom. The van der Waals surface area contributed by atoms with Gasteiger partial charge in [0.15, 0.2) is 0 Å². The largest absolute Gasteiger partial charge is 0.307 e. The summed E-state index contributed by atoms with van der Waals surface area (Å²) in [6.45, 7) is 3.97. The van der Waals surface area contributed by atoms with E-state index >= 15 is 0 Å². The number of aliphatic imine (C=N–C) groups is 2. The van der Waals surface area contributed by atoms with Crippen LogP contribution < -0.4 is 5.56 Å². The molecule has 0 aliphatic rings. The van der Waals surface area contributed by atoms with E-state index < -0.39 is 0 Å². The highest BCUT2D eigenvalue weighted by Crippen LogP contribution is 2.22. The summed E-state index contributed by atoms with van der Waals surface area (Å²) in [6.07, 6.45) is 9.58. The summed E-state index contributed by atoms with van der Waals surface area (Å²) in [5.74, 6) is 0. The molecule has 3 heterocycles. The van der Waals surface area contributed by atoms with Crippen molar-refractivity contribution < 1.29 is 0 Å². The molecule has 7 heteroatoms. The van der Waals surface area contributed by atoms with Gasteiger partial charge in [-0.1, -0.05) is 18.2 Å². The highest BCUT2D eigenvalue weighted by Gasteiger charge is 2.11. The Morgan fingerprint density at radius 2 is 2.10 bits per heavy atom. The monoisotopic (exact) mass is 384 g/mol. The lowest BCUT2D eigenvalue weighted by atomic mass is 10.0. The average Bonchev–Trinajstić information content (AvgIpc) is 3.16. The normalized spacial score (nSPS) is 12.2. The van der Waals surface area contributed by atoms with Gasteiger partial charge in [-0.2, -0.15) is 5.10 Å². The summed E-state index contributed by atoms with van der Waals surface area (Å²) in [4.78, 5) is 25.5. The van der Waals surface area contributed by atoms with Crippen LogP contribution in [0.4, 0.5) is 0 Å². The van der Waals surface area contributed by atoms with Crippen LogP contribution in [0.5, 0.6) is 0 Å². The Morgan fingerprint density at radius 1 is 1.21 bits per heavy atom. The first kappa shape index (κ1) is 18.5. The van der Waals surface area contributed by atoms with Crippen molar-refractivity contribution in [3.63, 3.8) is 0 Å². The molecular formula is C22H20N6O. The fraction of sp³-hybridized carbons (Fsp3) is 0.136. The highest BCUT2D eigenvalue weighted by molar-refractivity contribution is 6.14. The van der Waals surface area contributed by atoms with Crippen molar-refractivity contribution in [3.8, 4) is 0 Å². The number of hydrogen-bond donors (Lipinski definition) is 0. The van der Waals surface area contributed by atoms with Gasteiger partial charge in [-0.05, 0) is 30.5 Å². The summed E-state index contributed by atoms with van der Waals surface area (Å²) in [5, 5.41) is 5.75. The van der Waals surface area contributed by atoms with E-state index in [4.69, 9.17) is 0 Å². The number of imidazole rings is 1. The van der Waals surface area contributed by atoms with Crippen LogP contribution in [-0.2, 0) is 13.0 Å². The molecule has 4 rings (SSSR count). The second-order valence-corrected chi connectivity index (χ2v) is 6.54. The topological polar surface area (TPSA) is 76.9 Å². The minimum atomic E-state index is -0.132. The molecule has 0 atom stereocenters. The van der Waals surface area contributed by atoms with Crippen LogP contribution in [0.1, 0.15) is 11.3 Å². The lowest BCUT2D eigenvalue weighted by Crippen LogP contribution is -2.24. The molecule has 144 valence electrons. The fourth-order valence-electron chi connectivity index (χ4n) is 3.36. The predicted octanol–water partition coefficient (Wildman–Crippen LogP) is 3.03. The van der Waals surface area contributed by atoms with Crippen LogP contribution in [0.15, 0.2) is 76.0 Å². The van der Waals surface area contributed by atoms with Gasteiger partial charge in [-0.25, -0.2) is 9.67 Å². The van der Waals surface area contributed by atoms with E-state index in [0.29, 0.717) is 18.4 Å². The molecule has 0 amide bonds. The van der Waals surface area contributed by atoms with Gasteiger partial charge in [0.2, 0.25) is 0 Å². The SMILES string of the molecule is C=N/C=C(\C=N/C)c1cccc2c(=O)n(CCc3cn4ccccc4n3)ncc12. The van der Waals surface area contributed by atoms with E-state index in [1.165, 1.54) is 4.68 Å². The fourth-order valence-corrected chi connectivity index (χ4v) is 3.36. The van der Waals surface area contributed by atoms with Crippen molar-refractivity contribution in [3.05, 3.63) is 82.8 Å². The molecule has 0 radical (unpaired) electrons. The first-order valence-corrected chi connectivity index (χ1v) is 9.21. The summed E-state index contributed by atoms with van der Waals surface area (Å²) < 4.78 is 3.45. The van der Waals surface area contributed by atoms with Crippen LogP contribution >= 0.6 is 0 Å². The molecule has 0 bridgehead atoms. The lowest BCUT2D eigenvalue weighted by Gasteiger charge is -2.09. The maximum atomic E-state index is 13.0. The van der Waals surface area contributed by atoms with Crippen molar-refractivity contribution >= 4 is 34.9 Å². The summed E-state index contributed by atoms with van der Waals surface area (Å²) in [6, 6.07) is 11.4. The average molecular weight is 384 g/mol. The molecule has 3 aromatic heterocycles. The Bertz CT molecular complexity index is 1280. The van der Waals surface area contributed by atoms with Gasteiger partial charge in [0, 0.05) is 49.2 Å². The Hall–Kier alpha value is -3.87. The zero-order chi connectivity index (χ0) is 20.2. The van der Waals surface area contributed by atoms with E-state index in [9.17, 15) is 4.79 Å². The quantitative estimate of drug-likeness (QED) is 0.480. The van der Waals surface area contributed by atoms with Crippen LogP contribution in [0, 0.1) is 0 Å². The zero-order valence-electron chi connectivity index (χ0n) is 16.1. The summed E-state index contributed by atoms with van der Waals surface area (Å²) in [5.41, 5.74) is 3.29. The van der Waals surface area contributed by atoms with Gasteiger partial charge >= 0.3 is 0 Å². The van der Waals surface area contributed by atoms with Crippen LogP contribution in [-0.4, -0.2) is 39.1 Å². The molecule has 0 saturated heterocycles. The van der Waals surface area contributed by atoms with Crippen molar-refractivity contribution in [1.29, 1.82) is 0 Å². The summed E-state index contributed by atoms with van der Waals surface area (Å²) in [7, 11) is 1.69. The van der Waals surface area contributed by atoms with E-state index in [2.05, 4.69) is 26.8 Å². The zero-order valence-corrected chi connectivity index (χ0v) is 16.1. The minimum Gasteiger partial charge on any atom is -0.307 e. The standard InChI is InChI=1S/C22H20N6O/c1-23-12-16(13-24-2)18-6-5-7-19-20(18)14-25-28(22(19)29)11-9-17-15-27-10-4-3-8-21(27)26-17/h3-8,10,12-15H,1,9,11H2,2H3/b16-12+,24-13-. The molecule has 0 aliphatic carbocycles. The molecule has 0 saturated carbocycles. The van der Waals surface area contributed by atoms with Crippen LogP contribution in [0.2, 0.25) is 0 Å². The van der Waals surface area contributed by atoms with Crippen LogP contribution in [0.25, 0.3) is 22.0 Å². The number of hydrogen-bond acceptors (Lipinski definition) is 5. The first-order chi connectivity index (χ1) is 14.2. The highest BCUT2D eigenvalue weighted by atomic mass is 16.1. The molecule has 7 nitrogen and oxygen atoms in total. The first-order valence-electron chi connectivity index (χ1n) is 9.21. The van der Waals surface area contributed by atoms with E-state index in [1.54, 1.807) is 25.7 Å². The summed E-state index contributed by atoms with van der Waals surface area (Å²) >= 11 is 0. The minimum absolute atomic E-state index is 0.132. The molecule has 0 unspecified atom stereocenters. The number of aryl methyl sites for hydroxylation is 2. The van der Waals surface area contributed by atoms with Gasteiger partial charge in [0.1, 0.15) is 5.65 Å². The van der Waals surface area contributed by atoms with Crippen molar-refractivity contribution in [1.82, 2.24) is 19.2 Å². The number of pyridine rings is 1. The molecule has 0 aliphatic heterocycles. The third-order valence-corrected chi connectivity index (χ3v) is 4.70. The van der Waals surface area contributed by atoms with Gasteiger partial charge < -0.3 is 4.40 Å². The molecule has 4 aromatic rings. The number of allylic oxidation sites excluding steroid dienone is 1. The smallest absolute Gasteiger partial charge is 0.274 e. The predicted molar refractivity (Wildman–Crippen MR) is 117 cm³/mol. The van der Waals surface area contributed by atoms with Crippen molar-refractivity contribution in [2.24, 2.45) is 9.98 Å². The van der Waals surface area contributed by atoms with E-state index in [-0.39, 0.29) is 5.56 Å². The Balaban J connectivity index is 1.68. The maximum Gasteiger partial charge on any atom is 0.274 e. The van der Waals surface area contributed by atoms with Crippen LogP contribution in [0.3, 0.4) is 0 Å². The Kier molecular flexibility index (Phi) is 5.11. The molecule has 1 aromatic carbocycles. The lowest BCUT2D eigenvalue weighted by molar-refractivity contribution is 0.580. The van der Waals surface area contributed by atoms with Gasteiger partial charge in [-0.3, -0.25) is 14.8 Å². The maximum absolute atomic E-state index is 13.0. The van der Waals surface area contributed by atoms with E-state index in [1.807, 2.05) is 53.2 Å². The number of rotatable bonds is 6. The Labute approximate surface area is 167 Å². The molecule has 0 spiro atoms. The third-order valence-electron chi connectivity index (χ3n) is 4.70. The van der Waals surface area contributed by atoms with E-state index in [0.717, 1.165) is 27.9 Å². The molecule has 0 fully saturated rings. The second-order valence-electron chi connectivity index (χ2n) is 6.54. The number of fused-ring (bicyclic) bond motifs is 2. The number of aromatic nitrogens is 4. The van der Waals surface area contributed by atoms with Crippen molar-refractivity contribution in [2.75, 3.05) is 7.05 Å². The van der Waals surface area contributed by atoms with Gasteiger partial charge in [-0.15, -0.1) is 0 Å². The number of nitrogens with zero attached hydrogens (tertiary/aromatic N) is 6. The second kappa shape index (κ2) is 8.02. The molecule has 0 N–H and O–H groups in total. The molecule has 29 heavy (non-hydrogen) atoms. The van der Waals surface area contributed by atoms with Crippen molar-refractivity contribution in [2.45, 2.75) is 13.0 Å². The third kappa shape index (κ3) is 3.62. The number of benzene rings is 1.